The van der Waals surface area contributed by atoms with E-state index in [2.05, 4.69) is 4.72 Å². The van der Waals surface area contributed by atoms with Gasteiger partial charge in [-0.25, -0.2) is 13.1 Å². The van der Waals surface area contributed by atoms with Gasteiger partial charge in [-0.2, -0.15) is 0 Å². The third kappa shape index (κ3) is 6.52. The number of carboxylic acid groups (broad SMARTS) is 1. The molecule has 0 saturated heterocycles. The van der Waals surface area contributed by atoms with Gasteiger partial charge < -0.3 is 5.11 Å². The van der Waals surface area contributed by atoms with Crippen LogP contribution >= 0.6 is 23.2 Å². The van der Waals surface area contributed by atoms with Crippen LogP contribution in [-0.4, -0.2) is 26.0 Å². The summed E-state index contributed by atoms with van der Waals surface area (Å²) in [6.45, 7) is 3.65. The number of sulfonamides is 1. The van der Waals surface area contributed by atoms with Gasteiger partial charge in [0, 0.05) is 6.54 Å². The molecule has 0 aromatic heterocycles. The number of benzene rings is 1. The summed E-state index contributed by atoms with van der Waals surface area (Å²) >= 11 is 11.6. The summed E-state index contributed by atoms with van der Waals surface area (Å²) in [6.07, 6.45) is 0.407. The molecule has 0 amide bonds. The first kappa shape index (κ1) is 19.2. The first-order valence-electron chi connectivity index (χ1n) is 6.75. The van der Waals surface area contributed by atoms with Crippen molar-refractivity contribution in [1.82, 2.24) is 4.72 Å². The van der Waals surface area contributed by atoms with Gasteiger partial charge in [0.1, 0.15) is 0 Å². The lowest BCUT2D eigenvalue weighted by Crippen LogP contribution is -2.34. The van der Waals surface area contributed by atoms with Gasteiger partial charge >= 0.3 is 5.97 Å². The maximum absolute atomic E-state index is 12.0. The van der Waals surface area contributed by atoms with E-state index in [0.29, 0.717) is 17.0 Å². The topological polar surface area (TPSA) is 83.5 Å². The quantitative estimate of drug-likeness (QED) is 0.738. The number of carboxylic acids is 1. The smallest absolute Gasteiger partial charge is 0.307 e. The zero-order chi connectivity index (χ0) is 16.9. The number of nitrogens with one attached hydrogen (secondary N) is 1. The van der Waals surface area contributed by atoms with E-state index in [9.17, 15) is 13.2 Å². The van der Waals surface area contributed by atoms with E-state index in [0.717, 1.165) is 0 Å². The van der Waals surface area contributed by atoms with E-state index in [1.165, 1.54) is 12.1 Å². The third-order valence-corrected chi connectivity index (χ3v) is 5.05. The first-order chi connectivity index (χ1) is 10.1. The molecular weight excluding hydrogens is 349 g/mol. The Morgan fingerprint density at radius 3 is 2.41 bits per heavy atom. The summed E-state index contributed by atoms with van der Waals surface area (Å²) in [5.74, 6) is -1.87. The Morgan fingerprint density at radius 1 is 1.27 bits per heavy atom. The number of hydrogen-bond acceptors (Lipinski definition) is 3. The van der Waals surface area contributed by atoms with Gasteiger partial charge in [-0.05, 0) is 30.0 Å². The largest absolute Gasteiger partial charge is 0.481 e. The van der Waals surface area contributed by atoms with Gasteiger partial charge in [-0.1, -0.05) is 43.1 Å². The molecule has 0 saturated carbocycles. The molecule has 0 fully saturated rings. The molecule has 1 aromatic carbocycles. The van der Waals surface area contributed by atoms with Crippen molar-refractivity contribution in [2.24, 2.45) is 11.8 Å². The average molecular weight is 368 g/mol. The number of hydrogen-bond donors (Lipinski definition) is 2. The highest BCUT2D eigenvalue weighted by molar-refractivity contribution is 7.88. The minimum atomic E-state index is -3.64. The molecule has 1 rings (SSSR count). The van der Waals surface area contributed by atoms with E-state index in [1.54, 1.807) is 6.07 Å². The minimum Gasteiger partial charge on any atom is -0.481 e. The van der Waals surface area contributed by atoms with E-state index < -0.39 is 21.9 Å². The van der Waals surface area contributed by atoms with Crippen LogP contribution in [0.15, 0.2) is 18.2 Å². The SMILES string of the molecule is CC(C)CC(CNS(=O)(=O)Cc1ccc(Cl)c(Cl)c1)C(=O)O. The Morgan fingerprint density at radius 2 is 1.91 bits per heavy atom. The van der Waals surface area contributed by atoms with E-state index in [1.807, 2.05) is 13.8 Å². The van der Waals surface area contributed by atoms with Crippen LogP contribution in [0.4, 0.5) is 0 Å². The summed E-state index contributed by atoms with van der Waals surface area (Å²) in [6, 6.07) is 4.57. The predicted molar refractivity (Wildman–Crippen MR) is 87.7 cm³/mol. The van der Waals surface area contributed by atoms with Crippen LogP contribution in [0.3, 0.4) is 0 Å². The monoisotopic (exact) mass is 367 g/mol. The second-order valence-corrected chi connectivity index (χ2v) is 8.14. The Labute approximate surface area is 140 Å². The summed E-state index contributed by atoms with van der Waals surface area (Å²) < 4.78 is 26.4. The van der Waals surface area contributed by atoms with Crippen molar-refractivity contribution in [3.05, 3.63) is 33.8 Å². The van der Waals surface area contributed by atoms with Crippen molar-refractivity contribution in [2.75, 3.05) is 6.54 Å². The van der Waals surface area contributed by atoms with Crippen LogP contribution in [0.1, 0.15) is 25.8 Å². The third-order valence-electron chi connectivity index (χ3n) is 3.00. The molecule has 5 nitrogen and oxygen atoms in total. The van der Waals surface area contributed by atoms with Crippen molar-refractivity contribution in [3.63, 3.8) is 0 Å². The maximum atomic E-state index is 12.0. The fourth-order valence-corrected chi connectivity index (χ4v) is 3.46. The highest BCUT2D eigenvalue weighted by Gasteiger charge is 2.22. The molecule has 0 bridgehead atoms. The van der Waals surface area contributed by atoms with Crippen molar-refractivity contribution in [2.45, 2.75) is 26.0 Å². The Kier molecular flexibility index (Phi) is 7.12. The molecule has 0 aliphatic rings. The molecule has 2 N–H and O–H groups in total. The Hall–Kier alpha value is -0.820. The van der Waals surface area contributed by atoms with Gasteiger partial charge in [0.15, 0.2) is 0 Å². The van der Waals surface area contributed by atoms with Crippen molar-refractivity contribution in [1.29, 1.82) is 0 Å². The fourth-order valence-electron chi connectivity index (χ4n) is 1.97. The summed E-state index contributed by atoms with van der Waals surface area (Å²) in [5.41, 5.74) is 0.484. The van der Waals surface area contributed by atoms with Crippen LogP contribution in [0.5, 0.6) is 0 Å². The number of aliphatic carboxylic acids is 1. The minimum absolute atomic E-state index is 0.128. The highest BCUT2D eigenvalue weighted by atomic mass is 35.5. The van der Waals surface area contributed by atoms with Gasteiger partial charge in [0.2, 0.25) is 10.0 Å². The van der Waals surface area contributed by atoms with Gasteiger partial charge in [0.25, 0.3) is 0 Å². The molecular formula is C14H19Cl2NO4S. The van der Waals surface area contributed by atoms with E-state index in [-0.39, 0.29) is 23.2 Å². The molecule has 1 atom stereocenters. The number of carbonyl (C=O) groups is 1. The lowest BCUT2D eigenvalue weighted by molar-refractivity contribution is -0.142. The standard InChI is InChI=1S/C14H19Cl2NO4S/c1-9(2)5-11(14(18)19)7-17-22(20,21)8-10-3-4-12(15)13(16)6-10/h3-4,6,9,11,17H,5,7-8H2,1-2H3,(H,18,19). The number of halogens is 2. The predicted octanol–water partition coefficient (Wildman–Crippen LogP) is 3.16. The van der Waals surface area contributed by atoms with Crippen molar-refractivity contribution >= 4 is 39.2 Å². The molecule has 8 heteroatoms. The van der Waals surface area contributed by atoms with Crippen LogP contribution in [0, 0.1) is 11.8 Å². The molecule has 0 spiro atoms. The lowest BCUT2D eigenvalue weighted by atomic mass is 9.98. The van der Waals surface area contributed by atoms with Crippen LogP contribution < -0.4 is 4.72 Å². The van der Waals surface area contributed by atoms with E-state index in [4.69, 9.17) is 28.3 Å². The molecule has 0 aliphatic heterocycles. The zero-order valence-corrected chi connectivity index (χ0v) is 14.7. The molecule has 0 radical (unpaired) electrons. The highest BCUT2D eigenvalue weighted by Crippen LogP contribution is 2.23. The number of rotatable bonds is 8. The molecule has 0 heterocycles. The average Bonchev–Trinajstić information content (AvgIpc) is 2.38. The normalized spacial score (nSPS) is 13.3. The van der Waals surface area contributed by atoms with Crippen molar-refractivity contribution in [3.8, 4) is 0 Å². The Balaban J connectivity index is 2.70. The fraction of sp³-hybridized carbons (Fsp3) is 0.500. The molecule has 1 unspecified atom stereocenters. The van der Waals surface area contributed by atoms with Gasteiger partial charge in [0.05, 0.1) is 21.7 Å². The summed E-state index contributed by atoms with van der Waals surface area (Å²) in [5, 5.41) is 9.73. The zero-order valence-electron chi connectivity index (χ0n) is 12.3. The Bertz CT molecular complexity index is 632. The molecule has 1 aromatic rings. The molecule has 124 valence electrons. The second kappa shape index (κ2) is 8.15. The lowest BCUT2D eigenvalue weighted by Gasteiger charge is -2.15. The maximum Gasteiger partial charge on any atom is 0.307 e. The second-order valence-electron chi connectivity index (χ2n) is 5.52. The molecule has 0 aliphatic carbocycles. The van der Waals surface area contributed by atoms with Gasteiger partial charge in [-0.15, -0.1) is 0 Å². The van der Waals surface area contributed by atoms with E-state index >= 15 is 0 Å². The van der Waals surface area contributed by atoms with Crippen LogP contribution in [0.2, 0.25) is 10.0 Å². The first-order valence-corrected chi connectivity index (χ1v) is 9.15. The summed E-state index contributed by atoms with van der Waals surface area (Å²) in [4.78, 5) is 11.1. The van der Waals surface area contributed by atoms with Crippen LogP contribution in [-0.2, 0) is 20.6 Å². The van der Waals surface area contributed by atoms with Crippen molar-refractivity contribution < 1.29 is 18.3 Å². The molecule has 22 heavy (non-hydrogen) atoms. The van der Waals surface area contributed by atoms with Gasteiger partial charge in [-0.3, -0.25) is 4.79 Å². The summed E-state index contributed by atoms with van der Waals surface area (Å²) in [7, 11) is -3.64. The van der Waals surface area contributed by atoms with Crippen LogP contribution in [0.25, 0.3) is 0 Å².